The Morgan fingerprint density at radius 2 is 1.91 bits per heavy atom. The molecule has 1 saturated heterocycles. The lowest BCUT2D eigenvalue weighted by molar-refractivity contribution is -0.136. The summed E-state index contributed by atoms with van der Waals surface area (Å²) in [5.74, 6) is -0.0133. The van der Waals surface area contributed by atoms with Gasteiger partial charge in [0.15, 0.2) is 0 Å². The highest BCUT2D eigenvalue weighted by Gasteiger charge is 2.61. The van der Waals surface area contributed by atoms with Crippen molar-refractivity contribution in [3.63, 3.8) is 0 Å². The van der Waals surface area contributed by atoms with Crippen molar-refractivity contribution in [3.8, 4) is 0 Å². The summed E-state index contributed by atoms with van der Waals surface area (Å²) < 4.78 is 5.27. The van der Waals surface area contributed by atoms with Crippen LogP contribution in [-0.4, -0.2) is 42.3 Å². The van der Waals surface area contributed by atoms with Gasteiger partial charge in [0, 0.05) is 37.1 Å². The minimum Gasteiger partial charge on any atom is -0.466 e. The molecule has 0 bridgehead atoms. The number of hydrogen-bond acceptors (Lipinski definition) is 5. The third-order valence-electron chi connectivity index (χ3n) is 7.92. The summed E-state index contributed by atoms with van der Waals surface area (Å²) in [5, 5.41) is 13.7. The molecule has 3 aliphatic rings. The maximum Gasteiger partial charge on any atom is 0.335 e. The van der Waals surface area contributed by atoms with Gasteiger partial charge in [-0.05, 0) is 47.8 Å². The fraction of sp³-hybridized carbons (Fsp3) is 0.464. The largest absolute Gasteiger partial charge is 0.466 e. The van der Waals surface area contributed by atoms with Crippen LogP contribution in [0.5, 0.6) is 0 Å². The molecule has 3 atom stereocenters. The second-order valence-corrected chi connectivity index (χ2v) is 10.6. The monoisotopic (exact) mass is 446 g/mol. The number of rotatable bonds is 6. The molecule has 1 spiro atoms. The van der Waals surface area contributed by atoms with E-state index in [0.717, 1.165) is 42.9 Å². The van der Waals surface area contributed by atoms with Crippen LogP contribution in [0.15, 0.2) is 65.9 Å². The summed E-state index contributed by atoms with van der Waals surface area (Å²) in [6, 6.07) is 19.4. The summed E-state index contributed by atoms with van der Waals surface area (Å²) in [5.41, 5.74) is 5.01. The summed E-state index contributed by atoms with van der Waals surface area (Å²) >= 11 is 0. The normalized spacial score (nSPS) is 26.4. The molecule has 5 heteroatoms. The van der Waals surface area contributed by atoms with E-state index < -0.39 is 0 Å². The molecule has 2 N–H and O–H groups in total. The van der Waals surface area contributed by atoms with Gasteiger partial charge in [-0.3, -0.25) is 4.90 Å². The molecule has 0 radical (unpaired) electrons. The van der Waals surface area contributed by atoms with Crippen LogP contribution < -0.4 is 5.32 Å². The zero-order chi connectivity index (χ0) is 23.2. The molecule has 0 amide bonds. The van der Waals surface area contributed by atoms with Crippen LogP contribution in [-0.2, 0) is 21.5 Å². The molecule has 2 aliphatic heterocycles. The van der Waals surface area contributed by atoms with E-state index in [9.17, 15) is 9.90 Å². The molecule has 2 heterocycles. The minimum atomic E-state index is -0.261. The smallest absolute Gasteiger partial charge is 0.335 e. The lowest BCUT2D eigenvalue weighted by Gasteiger charge is -2.47. The Bertz CT molecular complexity index is 1080. The van der Waals surface area contributed by atoms with Crippen LogP contribution in [0, 0.1) is 11.3 Å². The van der Waals surface area contributed by atoms with Crippen molar-refractivity contribution < 1.29 is 14.6 Å². The predicted molar refractivity (Wildman–Crippen MR) is 130 cm³/mol. The van der Waals surface area contributed by atoms with Crippen molar-refractivity contribution in [3.05, 3.63) is 77.0 Å². The van der Waals surface area contributed by atoms with Gasteiger partial charge in [0.1, 0.15) is 0 Å². The van der Waals surface area contributed by atoms with Crippen LogP contribution in [0.25, 0.3) is 0 Å². The lowest BCUT2D eigenvalue weighted by atomic mass is 9.61. The van der Waals surface area contributed by atoms with Crippen LogP contribution in [0.4, 0.5) is 5.69 Å². The molecule has 174 valence electrons. The number of methoxy groups -OCH3 is 1. The van der Waals surface area contributed by atoms with E-state index in [2.05, 4.69) is 78.7 Å². The SMILES string of the molecule is COC(=O)C1=C2Nc3ccccc3C23CCN(Cc2ccccc2)C3C(CC(C)(C)CO)C1. The number of carbonyl (C=O) groups is 1. The van der Waals surface area contributed by atoms with Crippen molar-refractivity contribution in [1.29, 1.82) is 0 Å². The number of carbonyl (C=O) groups excluding carboxylic acids is 1. The molecule has 5 nitrogen and oxygen atoms in total. The summed E-state index contributed by atoms with van der Waals surface area (Å²) in [4.78, 5) is 15.6. The Morgan fingerprint density at radius 3 is 2.64 bits per heavy atom. The van der Waals surface area contributed by atoms with Gasteiger partial charge in [0.2, 0.25) is 0 Å². The molecule has 0 saturated carbocycles. The topological polar surface area (TPSA) is 61.8 Å². The van der Waals surface area contributed by atoms with Crippen LogP contribution in [0.1, 0.15) is 44.2 Å². The van der Waals surface area contributed by atoms with Gasteiger partial charge in [0.05, 0.1) is 18.1 Å². The number of aliphatic hydroxyl groups excluding tert-OH is 1. The van der Waals surface area contributed by atoms with E-state index in [1.165, 1.54) is 18.2 Å². The molecule has 0 aromatic heterocycles. The van der Waals surface area contributed by atoms with Crippen LogP contribution in [0.3, 0.4) is 0 Å². The van der Waals surface area contributed by atoms with E-state index in [4.69, 9.17) is 4.74 Å². The number of likely N-dealkylation sites (tertiary alicyclic amines) is 1. The first-order chi connectivity index (χ1) is 15.9. The van der Waals surface area contributed by atoms with Crippen LogP contribution in [0.2, 0.25) is 0 Å². The predicted octanol–water partition coefficient (Wildman–Crippen LogP) is 4.48. The number of ether oxygens (including phenoxy) is 1. The molecular weight excluding hydrogens is 412 g/mol. The first-order valence-corrected chi connectivity index (χ1v) is 12.0. The highest BCUT2D eigenvalue weighted by atomic mass is 16.5. The van der Waals surface area contributed by atoms with E-state index in [1.807, 2.05) is 0 Å². The number of esters is 1. The van der Waals surface area contributed by atoms with Gasteiger partial charge in [0.25, 0.3) is 0 Å². The first kappa shape index (κ1) is 22.2. The molecule has 3 unspecified atom stereocenters. The van der Waals surface area contributed by atoms with E-state index >= 15 is 0 Å². The van der Waals surface area contributed by atoms with Crippen LogP contribution >= 0.6 is 0 Å². The zero-order valence-electron chi connectivity index (χ0n) is 19.8. The first-order valence-electron chi connectivity index (χ1n) is 12.0. The van der Waals surface area contributed by atoms with Gasteiger partial charge in [-0.25, -0.2) is 4.79 Å². The number of benzene rings is 2. The van der Waals surface area contributed by atoms with E-state index in [1.54, 1.807) is 0 Å². The Labute approximate surface area is 196 Å². The number of fused-ring (bicyclic) bond motifs is 1. The van der Waals surface area contributed by atoms with Gasteiger partial charge in [-0.1, -0.05) is 62.4 Å². The van der Waals surface area contributed by atoms with Crippen molar-refractivity contribution in [2.24, 2.45) is 11.3 Å². The molecule has 33 heavy (non-hydrogen) atoms. The summed E-state index contributed by atoms with van der Waals surface area (Å²) in [7, 11) is 1.47. The number of nitrogens with one attached hydrogen (secondary N) is 1. The fourth-order valence-electron chi connectivity index (χ4n) is 6.63. The Morgan fingerprint density at radius 1 is 1.18 bits per heavy atom. The number of para-hydroxylation sites is 1. The van der Waals surface area contributed by atoms with Gasteiger partial charge in [-0.2, -0.15) is 0 Å². The highest BCUT2D eigenvalue weighted by Crippen LogP contribution is 2.60. The summed E-state index contributed by atoms with van der Waals surface area (Å²) in [6.45, 7) is 6.21. The number of nitrogens with zero attached hydrogens (tertiary/aromatic N) is 1. The average molecular weight is 447 g/mol. The standard InChI is InChI=1S/C28H34N2O3/c1-27(2,18-31)16-20-15-21(26(32)33-3)24-28(22-11-7-8-12-23(22)29-24)13-14-30(25(20)28)17-19-9-5-4-6-10-19/h4-12,20,25,29,31H,13-18H2,1-3H3. The Hall–Kier alpha value is -2.63. The summed E-state index contributed by atoms with van der Waals surface area (Å²) in [6.07, 6.45) is 2.46. The maximum absolute atomic E-state index is 13.0. The van der Waals surface area contributed by atoms with Gasteiger partial charge in [-0.15, -0.1) is 0 Å². The quantitative estimate of drug-likeness (QED) is 0.641. The molecule has 1 aliphatic carbocycles. The average Bonchev–Trinajstić information content (AvgIpc) is 3.37. The third-order valence-corrected chi connectivity index (χ3v) is 7.92. The molecule has 5 rings (SSSR count). The van der Waals surface area contributed by atoms with E-state index in [-0.39, 0.29) is 35.4 Å². The van der Waals surface area contributed by atoms with Gasteiger partial charge >= 0.3 is 5.97 Å². The molecule has 2 aromatic rings. The fourth-order valence-corrected chi connectivity index (χ4v) is 6.63. The number of anilines is 1. The third kappa shape index (κ3) is 3.58. The number of hydrogen-bond donors (Lipinski definition) is 2. The number of aliphatic hydroxyl groups is 1. The van der Waals surface area contributed by atoms with Crippen molar-refractivity contribution in [2.75, 3.05) is 25.6 Å². The second kappa shape index (κ2) is 8.30. The van der Waals surface area contributed by atoms with Crippen molar-refractivity contribution in [2.45, 2.75) is 51.1 Å². The van der Waals surface area contributed by atoms with Crippen molar-refractivity contribution in [1.82, 2.24) is 4.90 Å². The van der Waals surface area contributed by atoms with E-state index in [0.29, 0.717) is 6.42 Å². The second-order valence-electron chi connectivity index (χ2n) is 10.6. The van der Waals surface area contributed by atoms with Crippen molar-refractivity contribution >= 4 is 11.7 Å². The Kier molecular flexibility index (Phi) is 5.58. The highest BCUT2D eigenvalue weighted by molar-refractivity contribution is 5.93. The lowest BCUT2D eigenvalue weighted by Crippen LogP contribution is -2.52. The molecule has 1 fully saturated rings. The molecular formula is C28H34N2O3. The minimum absolute atomic E-state index is 0.126. The maximum atomic E-state index is 13.0. The molecule has 2 aromatic carbocycles. The zero-order valence-corrected chi connectivity index (χ0v) is 19.8. The Balaban J connectivity index is 1.66. The van der Waals surface area contributed by atoms with Gasteiger partial charge < -0.3 is 15.2 Å².